The van der Waals surface area contributed by atoms with Crippen molar-refractivity contribution < 1.29 is 4.79 Å². The third-order valence-corrected chi connectivity index (χ3v) is 3.22. The van der Waals surface area contributed by atoms with Crippen molar-refractivity contribution >= 4 is 18.5 Å². The third kappa shape index (κ3) is 3.35. The highest BCUT2D eigenvalue weighted by Crippen LogP contribution is 2.16. The van der Waals surface area contributed by atoms with Crippen molar-refractivity contribution in [3.05, 3.63) is 59.4 Å². The van der Waals surface area contributed by atoms with Gasteiger partial charge in [-0.05, 0) is 36.2 Å². The van der Waals surface area contributed by atoms with Gasteiger partial charge in [0, 0.05) is 36.4 Å². The van der Waals surface area contributed by atoms with E-state index in [9.17, 15) is 4.79 Å². The fourth-order valence-corrected chi connectivity index (χ4v) is 2.09. The predicted octanol–water partition coefficient (Wildman–Crippen LogP) is 2.95. The Labute approximate surface area is 118 Å². The van der Waals surface area contributed by atoms with Crippen LogP contribution in [0, 0.1) is 6.92 Å². The van der Waals surface area contributed by atoms with Crippen molar-refractivity contribution in [1.82, 2.24) is 9.88 Å². The molecule has 0 atom stereocenters. The van der Waals surface area contributed by atoms with Gasteiger partial charge in [0.25, 0.3) is 5.91 Å². The lowest BCUT2D eigenvalue weighted by Gasteiger charge is -2.18. The molecule has 0 spiro atoms. The molecule has 3 nitrogen and oxygen atoms in total. The fraction of sp³-hybridized carbons (Fsp3) is 0.200. The maximum atomic E-state index is 12.4. The molecule has 1 heterocycles. The second kappa shape index (κ2) is 5.89. The zero-order valence-electron chi connectivity index (χ0n) is 11.0. The largest absolute Gasteiger partial charge is 0.337 e. The summed E-state index contributed by atoms with van der Waals surface area (Å²) in [6, 6.07) is 9.43. The van der Waals surface area contributed by atoms with Crippen LogP contribution in [0.1, 0.15) is 21.5 Å². The van der Waals surface area contributed by atoms with E-state index < -0.39 is 0 Å². The summed E-state index contributed by atoms with van der Waals surface area (Å²) in [5.74, 6) is -0.00254. The molecule has 0 saturated carbocycles. The molecule has 0 saturated heterocycles. The quantitative estimate of drug-likeness (QED) is 0.871. The van der Waals surface area contributed by atoms with Crippen LogP contribution in [-0.4, -0.2) is 22.8 Å². The number of carbonyl (C=O) groups excluding carboxylic acids is 1. The van der Waals surface area contributed by atoms with Crippen LogP contribution < -0.4 is 0 Å². The highest BCUT2D eigenvalue weighted by molar-refractivity contribution is 7.80. The van der Waals surface area contributed by atoms with Crippen LogP contribution in [0.2, 0.25) is 0 Å². The molecule has 2 rings (SSSR count). The monoisotopic (exact) mass is 272 g/mol. The van der Waals surface area contributed by atoms with Crippen LogP contribution in [0.15, 0.2) is 47.6 Å². The van der Waals surface area contributed by atoms with Crippen molar-refractivity contribution in [2.45, 2.75) is 18.4 Å². The molecule has 0 N–H and O–H groups in total. The van der Waals surface area contributed by atoms with Gasteiger partial charge in [0.05, 0.1) is 0 Å². The van der Waals surface area contributed by atoms with Crippen LogP contribution in [0.4, 0.5) is 0 Å². The Morgan fingerprint density at radius 3 is 2.84 bits per heavy atom. The normalized spacial score (nSPS) is 10.3. The number of benzene rings is 1. The zero-order chi connectivity index (χ0) is 13.8. The summed E-state index contributed by atoms with van der Waals surface area (Å²) in [7, 11) is 1.79. The zero-order valence-corrected chi connectivity index (χ0v) is 11.9. The SMILES string of the molecule is Cc1ccc(S)cc1C(=O)N(C)Cc1cccnc1. The number of pyridine rings is 1. The molecule has 1 aromatic carbocycles. The first-order chi connectivity index (χ1) is 9.08. The first-order valence-corrected chi connectivity index (χ1v) is 6.46. The van der Waals surface area contributed by atoms with Gasteiger partial charge in [-0.1, -0.05) is 12.1 Å². The number of aryl methyl sites for hydroxylation is 1. The van der Waals surface area contributed by atoms with Gasteiger partial charge >= 0.3 is 0 Å². The number of aromatic nitrogens is 1. The molecule has 2 aromatic rings. The van der Waals surface area contributed by atoms with Crippen molar-refractivity contribution in [3.63, 3.8) is 0 Å². The van der Waals surface area contributed by atoms with Gasteiger partial charge in [-0.25, -0.2) is 0 Å². The summed E-state index contributed by atoms with van der Waals surface area (Å²) in [6.45, 7) is 2.47. The lowest BCUT2D eigenvalue weighted by atomic mass is 10.1. The van der Waals surface area contributed by atoms with Crippen molar-refractivity contribution in [3.8, 4) is 0 Å². The Hall–Kier alpha value is -1.81. The minimum Gasteiger partial charge on any atom is -0.337 e. The molecule has 0 fully saturated rings. The van der Waals surface area contributed by atoms with Gasteiger partial charge in [-0.2, -0.15) is 0 Å². The lowest BCUT2D eigenvalue weighted by molar-refractivity contribution is 0.0784. The molecule has 1 aromatic heterocycles. The van der Waals surface area contributed by atoms with E-state index in [2.05, 4.69) is 17.6 Å². The molecule has 0 aliphatic heterocycles. The number of amides is 1. The standard InChI is InChI=1S/C15H16N2OS/c1-11-5-6-13(19)8-14(11)15(18)17(2)10-12-4-3-7-16-9-12/h3-9,19H,10H2,1-2H3. The van der Waals surface area contributed by atoms with Crippen LogP contribution in [0.5, 0.6) is 0 Å². The highest BCUT2D eigenvalue weighted by atomic mass is 32.1. The van der Waals surface area contributed by atoms with Gasteiger partial charge in [0.2, 0.25) is 0 Å². The molecule has 98 valence electrons. The Morgan fingerprint density at radius 2 is 2.16 bits per heavy atom. The molecule has 19 heavy (non-hydrogen) atoms. The summed E-state index contributed by atoms with van der Waals surface area (Å²) < 4.78 is 0. The number of nitrogens with zero attached hydrogens (tertiary/aromatic N) is 2. The molecule has 0 radical (unpaired) electrons. The number of rotatable bonds is 3. The van der Waals surface area contributed by atoms with Crippen LogP contribution in [-0.2, 0) is 6.54 Å². The average Bonchev–Trinajstić information content (AvgIpc) is 2.42. The maximum Gasteiger partial charge on any atom is 0.254 e. The highest BCUT2D eigenvalue weighted by Gasteiger charge is 2.14. The number of carbonyl (C=O) groups is 1. The van der Waals surface area contributed by atoms with E-state index in [0.29, 0.717) is 12.1 Å². The van der Waals surface area contributed by atoms with E-state index in [0.717, 1.165) is 16.0 Å². The Morgan fingerprint density at radius 1 is 1.37 bits per heavy atom. The molecule has 0 aliphatic carbocycles. The number of hydrogen-bond donors (Lipinski definition) is 1. The Kier molecular flexibility index (Phi) is 4.22. The van der Waals surface area contributed by atoms with Crippen molar-refractivity contribution in [2.75, 3.05) is 7.05 Å². The summed E-state index contributed by atoms with van der Waals surface area (Å²) in [5, 5.41) is 0. The Bertz CT molecular complexity index is 584. The molecule has 1 amide bonds. The van der Waals surface area contributed by atoms with E-state index in [1.165, 1.54) is 0 Å². The molecule has 0 bridgehead atoms. The van der Waals surface area contributed by atoms with Gasteiger partial charge in [0.1, 0.15) is 0 Å². The van der Waals surface area contributed by atoms with Crippen LogP contribution in [0.3, 0.4) is 0 Å². The number of thiol groups is 1. The first-order valence-electron chi connectivity index (χ1n) is 6.02. The second-order valence-corrected chi connectivity index (χ2v) is 5.04. The van der Waals surface area contributed by atoms with E-state index >= 15 is 0 Å². The van der Waals surface area contributed by atoms with E-state index in [1.807, 2.05) is 31.2 Å². The van der Waals surface area contributed by atoms with Crippen molar-refractivity contribution in [2.24, 2.45) is 0 Å². The second-order valence-electron chi connectivity index (χ2n) is 4.52. The maximum absolute atomic E-state index is 12.4. The summed E-state index contributed by atoms with van der Waals surface area (Å²) in [6.07, 6.45) is 3.49. The van der Waals surface area contributed by atoms with Crippen molar-refractivity contribution in [1.29, 1.82) is 0 Å². The Balaban J connectivity index is 2.17. The lowest BCUT2D eigenvalue weighted by Crippen LogP contribution is -2.26. The summed E-state index contributed by atoms with van der Waals surface area (Å²) >= 11 is 4.28. The molecule has 0 unspecified atom stereocenters. The summed E-state index contributed by atoms with van der Waals surface area (Å²) in [4.78, 5) is 18.9. The number of hydrogen-bond acceptors (Lipinski definition) is 3. The third-order valence-electron chi connectivity index (χ3n) is 2.94. The average molecular weight is 272 g/mol. The minimum absolute atomic E-state index is 0.00254. The smallest absolute Gasteiger partial charge is 0.254 e. The fourth-order valence-electron chi connectivity index (χ4n) is 1.88. The van der Waals surface area contributed by atoms with Gasteiger partial charge in [-0.3, -0.25) is 9.78 Å². The first kappa shape index (κ1) is 13.6. The topological polar surface area (TPSA) is 33.2 Å². The van der Waals surface area contributed by atoms with Crippen LogP contribution >= 0.6 is 12.6 Å². The molecular formula is C15H16N2OS. The molecule has 0 aliphatic rings. The van der Waals surface area contributed by atoms with Crippen LogP contribution in [0.25, 0.3) is 0 Å². The summed E-state index contributed by atoms with van der Waals surface area (Å²) in [5.41, 5.74) is 2.66. The van der Waals surface area contributed by atoms with Gasteiger partial charge in [-0.15, -0.1) is 12.6 Å². The van der Waals surface area contributed by atoms with E-state index in [1.54, 1.807) is 30.4 Å². The predicted molar refractivity (Wildman–Crippen MR) is 78.5 cm³/mol. The minimum atomic E-state index is -0.00254. The van der Waals surface area contributed by atoms with Gasteiger partial charge < -0.3 is 4.90 Å². The molecule has 4 heteroatoms. The van der Waals surface area contributed by atoms with Gasteiger partial charge in [0.15, 0.2) is 0 Å². The van der Waals surface area contributed by atoms with E-state index in [4.69, 9.17) is 0 Å². The molecular weight excluding hydrogens is 256 g/mol. The van der Waals surface area contributed by atoms with E-state index in [-0.39, 0.29) is 5.91 Å².